The van der Waals surface area contributed by atoms with Crippen molar-refractivity contribution in [1.82, 2.24) is 0 Å². The van der Waals surface area contributed by atoms with E-state index in [-0.39, 0.29) is 17.3 Å². The fourth-order valence-electron chi connectivity index (χ4n) is 1.71. The number of hydrogen-bond donors (Lipinski definition) is 1. The van der Waals surface area contributed by atoms with Crippen molar-refractivity contribution in [1.29, 1.82) is 0 Å². The summed E-state index contributed by atoms with van der Waals surface area (Å²) in [6, 6.07) is 6.40. The van der Waals surface area contributed by atoms with Gasteiger partial charge in [0.05, 0.1) is 5.56 Å². The Bertz CT molecular complexity index is 673. The molecule has 1 aliphatic heterocycles. The largest absolute Gasteiger partial charge is 0.508 e. The van der Waals surface area contributed by atoms with Crippen molar-refractivity contribution in [3.8, 4) is 11.5 Å². The Morgan fingerprint density at radius 1 is 1.33 bits per heavy atom. The van der Waals surface area contributed by atoms with Crippen molar-refractivity contribution in [2.75, 3.05) is 0 Å². The fourth-order valence-corrected chi connectivity index (χ4v) is 3.07. The molecule has 0 unspecified atom stereocenters. The van der Waals surface area contributed by atoms with Crippen LogP contribution < -0.4 is 4.74 Å². The highest BCUT2D eigenvalue weighted by molar-refractivity contribution is 9.10. The zero-order chi connectivity index (χ0) is 12.7. The molecule has 0 fully saturated rings. The van der Waals surface area contributed by atoms with Gasteiger partial charge in [0.2, 0.25) is 5.78 Å². The highest BCUT2D eigenvalue weighted by atomic mass is 79.9. The zero-order valence-corrected chi connectivity index (χ0v) is 11.4. The van der Waals surface area contributed by atoms with Gasteiger partial charge < -0.3 is 9.84 Å². The lowest BCUT2D eigenvalue weighted by atomic mass is 10.1. The maximum Gasteiger partial charge on any atom is 0.232 e. The number of phenols is 1. The molecule has 0 amide bonds. The number of allylic oxidation sites excluding steroid dienone is 1. The number of aromatic hydroxyl groups is 1. The quantitative estimate of drug-likeness (QED) is 0.811. The minimum atomic E-state index is -0.158. The molecule has 0 saturated carbocycles. The first-order valence-electron chi connectivity index (χ1n) is 5.15. The SMILES string of the molecule is O=C1C(=Cc2cc(Br)cs2)Oc2cc(O)ccc21. The summed E-state index contributed by atoms with van der Waals surface area (Å²) in [6.45, 7) is 0. The molecule has 5 heteroatoms. The molecule has 18 heavy (non-hydrogen) atoms. The van der Waals surface area contributed by atoms with E-state index in [0.29, 0.717) is 11.3 Å². The van der Waals surface area contributed by atoms with E-state index in [4.69, 9.17) is 4.74 Å². The van der Waals surface area contributed by atoms with E-state index in [1.807, 2.05) is 11.4 Å². The van der Waals surface area contributed by atoms with Gasteiger partial charge in [-0.2, -0.15) is 0 Å². The third-order valence-electron chi connectivity index (χ3n) is 2.51. The van der Waals surface area contributed by atoms with Crippen molar-refractivity contribution >= 4 is 39.1 Å². The van der Waals surface area contributed by atoms with Crippen LogP contribution in [0.15, 0.2) is 39.9 Å². The molecule has 0 bridgehead atoms. The number of carbonyl (C=O) groups is 1. The Morgan fingerprint density at radius 2 is 2.17 bits per heavy atom. The first-order valence-corrected chi connectivity index (χ1v) is 6.82. The number of hydrogen-bond acceptors (Lipinski definition) is 4. The topological polar surface area (TPSA) is 46.5 Å². The molecule has 1 aromatic carbocycles. The van der Waals surface area contributed by atoms with Crippen LogP contribution in [0.25, 0.3) is 6.08 Å². The molecule has 0 radical (unpaired) electrons. The molecule has 3 nitrogen and oxygen atoms in total. The Hall–Kier alpha value is -1.59. The second-order valence-corrected chi connectivity index (χ2v) is 5.65. The summed E-state index contributed by atoms with van der Waals surface area (Å²) in [6.07, 6.45) is 1.70. The molecule has 2 heterocycles. The van der Waals surface area contributed by atoms with Crippen LogP contribution in [0.4, 0.5) is 0 Å². The molecule has 0 saturated heterocycles. The number of fused-ring (bicyclic) bond motifs is 1. The number of carbonyl (C=O) groups excluding carboxylic acids is 1. The molecule has 1 N–H and O–H groups in total. The normalized spacial score (nSPS) is 15.8. The molecule has 0 atom stereocenters. The molecule has 0 spiro atoms. The highest BCUT2D eigenvalue weighted by Crippen LogP contribution is 2.35. The van der Waals surface area contributed by atoms with Gasteiger partial charge in [0, 0.05) is 26.9 Å². The van der Waals surface area contributed by atoms with E-state index in [9.17, 15) is 9.90 Å². The molecule has 90 valence electrons. The Labute approximate surface area is 115 Å². The average molecular weight is 323 g/mol. The van der Waals surface area contributed by atoms with Crippen LogP contribution >= 0.6 is 27.3 Å². The van der Waals surface area contributed by atoms with Crippen molar-refractivity contribution in [2.24, 2.45) is 0 Å². The second kappa shape index (κ2) is 4.26. The van der Waals surface area contributed by atoms with Crippen molar-refractivity contribution in [3.63, 3.8) is 0 Å². The van der Waals surface area contributed by atoms with Gasteiger partial charge in [0.25, 0.3) is 0 Å². The van der Waals surface area contributed by atoms with E-state index in [1.54, 1.807) is 12.1 Å². The van der Waals surface area contributed by atoms with Crippen LogP contribution in [0, 0.1) is 0 Å². The van der Waals surface area contributed by atoms with Crippen molar-refractivity contribution in [2.45, 2.75) is 0 Å². The van der Waals surface area contributed by atoms with Gasteiger partial charge >= 0.3 is 0 Å². The predicted molar refractivity (Wildman–Crippen MR) is 73.1 cm³/mol. The fraction of sp³-hybridized carbons (Fsp3) is 0. The summed E-state index contributed by atoms with van der Waals surface area (Å²) in [5.41, 5.74) is 0.481. The molecule has 1 aliphatic rings. The third-order valence-corrected chi connectivity index (χ3v) is 4.16. The third kappa shape index (κ3) is 1.95. The lowest BCUT2D eigenvalue weighted by Gasteiger charge is -1.97. The summed E-state index contributed by atoms with van der Waals surface area (Å²) < 4.78 is 6.43. The van der Waals surface area contributed by atoms with Crippen molar-refractivity contribution in [3.05, 3.63) is 50.3 Å². The van der Waals surface area contributed by atoms with Gasteiger partial charge in [0.1, 0.15) is 11.5 Å². The monoisotopic (exact) mass is 322 g/mol. The van der Waals surface area contributed by atoms with E-state index in [1.165, 1.54) is 23.5 Å². The minimum Gasteiger partial charge on any atom is -0.508 e. The molecular weight excluding hydrogens is 316 g/mol. The van der Waals surface area contributed by atoms with Crippen LogP contribution in [-0.4, -0.2) is 10.9 Å². The van der Waals surface area contributed by atoms with Crippen molar-refractivity contribution < 1.29 is 14.6 Å². The zero-order valence-electron chi connectivity index (χ0n) is 9.01. The van der Waals surface area contributed by atoms with Gasteiger partial charge in [-0.15, -0.1) is 11.3 Å². The van der Waals surface area contributed by atoms with Gasteiger partial charge in [-0.3, -0.25) is 4.79 Å². The Kier molecular flexibility index (Phi) is 2.72. The van der Waals surface area contributed by atoms with Gasteiger partial charge in [-0.1, -0.05) is 0 Å². The number of thiophene rings is 1. The average Bonchev–Trinajstić information content (AvgIpc) is 2.85. The molecule has 2 aromatic rings. The first-order chi connectivity index (χ1) is 8.63. The second-order valence-electron chi connectivity index (χ2n) is 3.79. The number of rotatable bonds is 1. The molecular formula is C13H7BrO3S. The van der Waals surface area contributed by atoms with Gasteiger partial charge in [-0.05, 0) is 34.1 Å². The maximum atomic E-state index is 12.0. The highest BCUT2D eigenvalue weighted by Gasteiger charge is 2.27. The maximum absolute atomic E-state index is 12.0. The van der Waals surface area contributed by atoms with E-state index < -0.39 is 0 Å². The lowest BCUT2D eigenvalue weighted by Crippen LogP contribution is -1.97. The van der Waals surface area contributed by atoms with E-state index >= 15 is 0 Å². The van der Waals surface area contributed by atoms with Crippen LogP contribution in [0.5, 0.6) is 11.5 Å². The number of benzene rings is 1. The molecule has 3 rings (SSSR count). The number of Topliss-reactive ketones (excluding diaryl/α,β-unsaturated/α-hetero) is 1. The van der Waals surface area contributed by atoms with E-state index in [0.717, 1.165) is 9.35 Å². The minimum absolute atomic E-state index is 0.0849. The number of halogens is 1. The van der Waals surface area contributed by atoms with Crippen LogP contribution in [0.2, 0.25) is 0 Å². The van der Waals surface area contributed by atoms with Gasteiger partial charge in [-0.25, -0.2) is 0 Å². The molecule has 1 aromatic heterocycles. The summed E-state index contributed by atoms with van der Waals surface area (Å²) in [5.74, 6) is 0.614. The summed E-state index contributed by atoms with van der Waals surface area (Å²) >= 11 is 4.87. The molecule has 0 aliphatic carbocycles. The predicted octanol–water partition coefficient (Wildman–Crippen LogP) is 3.83. The smallest absolute Gasteiger partial charge is 0.232 e. The van der Waals surface area contributed by atoms with Gasteiger partial charge in [0.15, 0.2) is 5.76 Å². The lowest BCUT2D eigenvalue weighted by molar-refractivity contribution is 0.101. The Morgan fingerprint density at radius 3 is 2.89 bits per heavy atom. The summed E-state index contributed by atoms with van der Waals surface area (Å²) in [5, 5.41) is 11.3. The standard InChI is InChI=1S/C13H7BrO3S/c14-7-3-9(18-6-7)5-12-13(16)10-2-1-8(15)4-11(10)17-12/h1-6,15H. The number of ether oxygens (including phenoxy) is 1. The van der Waals surface area contributed by atoms with E-state index in [2.05, 4.69) is 15.9 Å². The first kappa shape index (κ1) is 11.5. The Balaban J connectivity index is 1.99. The summed E-state index contributed by atoms with van der Waals surface area (Å²) in [7, 11) is 0. The van der Waals surface area contributed by atoms with Crippen LogP contribution in [0.1, 0.15) is 15.2 Å². The number of ketones is 1. The van der Waals surface area contributed by atoms with Crippen LogP contribution in [0.3, 0.4) is 0 Å². The number of phenolic OH excluding ortho intramolecular Hbond substituents is 1. The van der Waals surface area contributed by atoms with Crippen LogP contribution in [-0.2, 0) is 0 Å². The summed E-state index contributed by atoms with van der Waals surface area (Å²) in [4.78, 5) is 13.0.